The van der Waals surface area contributed by atoms with E-state index < -0.39 is 11.9 Å². The summed E-state index contributed by atoms with van der Waals surface area (Å²) in [5.74, 6) is 0.402. The molecule has 0 aliphatic heterocycles. The zero-order chi connectivity index (χ0) is 11.4. The van der Waals surface area contributed by atoms with Crippen molar-refractivity contribution in [1.82, 2.24) is 9.97 Å². The number of nitrogens with two attached hydrogens (primary N) is 2. The van der Waals surface area contributed by atoms with Gasteiger partial charge < -0.3 is 16.8 Å². The molecule has 1 aromatic rings. The first-order valence-corrected chi connectivity index (χ1v) is 4.64. The van der Waals surface area contributed by atoms with Crippen molar-refractivity contribution in [2.24, 2.45) is 11.7 Å². The molecule has 0 aromatic carbocycles. The van der Waals surface area contributed by atoms with E-state index in [1.165, 1.54) is 12.4 Å². The lowest BCUT2D eigenvalue weighted by molar-refractivity contribution is -0.119. The monoisotopic (exact) mass is 209 g/mol. The number of nitrogens with zero attached hydrogens (tertiary/aromatic N) is 2. The number of carbonyl (C=O) groups is 1. The van der Waals surface area contributed by atoms with Gasteiger partial charge in [-0.3, -0.25) is 9.78 Å². The number of hydrogen-bond acceptors (Lipinski definition) is 5. The molecule has 82 valence electrons. The molecule has 1 rings (SSSR count). The quantitative estimate of drug-likeness (QED) is 0.646. The van der Waals surface area contributed by atoms with E-state index in [0.717, 1.165) is 0 Å². The summed E-state index contributed by atoms with van der Waals surface area (Å²) in [6, 6.07) is -0.471. The van der Waals surface area contributed by atoms with Crippen molar-refractivity contribution in [2.75, 3.05) is 11.1 Å². The van der Waals surface area contributed by atoms with E-state index in [1.807, 2.05) is 13.8 Å². The second kappa shape index (κ2) is 4.59. The van der Waals surface area contributed by atoms with Gasteiger partial charge in [-0.2, -0.15) is 0 Å². The third kappa shape index (κ3) is 3.08. The van der Waals surface area contributed by atoms with Gasteiger partial charge in [0.05, 0.1) is 12.4 Å². The van der Waals surface area contributed by atoms with Gasteiger partial charge in [0.2, 0.25) is 5.91 Å². The molecule has 1 atom stereocenters. The molecule has 15 heavy (non-hydrogen) atoms. The average Bonchev–Trinajstić information content (AvgIpc) is 2.13. The van der Waals surface area contributed by atoms with Gasteiger partial charge in [0, 0.05) is 0 Å². The lowest BCUT2D eigenvalue weighted by Crippen LogP contribution is -2.39. The summed E-state index contributed by atoms with van der Waals surface area (Å²) in [6.07, 6.45) is 2.93. The number of aromatic nitrogens is 2. The van der Waals surface area contributed by atoms with Crippen molar-refractivity contribution >= 4 is 17.5 Å². The minimum atomic E-state index is -0.471. The Morgan fingerprint density at radius 3 is 2.60 bits per heavy atom. The molecule has 0 aliphatic carbocycles. The van der Waals surface area contributed by atoms with Crippen molar-refractivity contribution < 1.29 is 4.79 Å². The molecule has 0 saturated heterocycles. The van der Waals surface area contributed by atoms with Gasteiger partial charge in [-0.1, -0.05) is 13.8 Å². The highest BCUT2D eigenvalue weighted by molar-refractivity contribution is 5.82. The molecule has 1 aromatic heterocycles. The summed E-state index contributed by atoms with van der Waals surface area (Å²) in [5, 5.41) is 2.89. The second-order valence-electron chi connectivity index (χ2n) is 3.60. The summed E-state index contributed by atoms with van der Waals surface area (Å²) in [4.78, 5) is 18.9. The van der Waals surface area contributed by atoms with E-state index in [-0.39, 0.29) is 5.92 Å². The third-order valence-corrected chi connectivity index (χ3v) is 1.93. The van der Waals surface area contributed by atoms with E-state index in [2.05, 4.69) is 15.3 Å². The number of primary amides is 1. The Kier molecular flexibility index (Phi) is 3.43. The number of amides is 1. The lowest BCUT2D eigenvalue weighted by Gasteiger charge is -2.19. The number of carbonyl (C=O) groups excluding carboxylic acids is 1. The maximum Gasteiger partial charge on any atom is 0.240 e. The highest BCUT2D eigenvalue weighted by Gasteiger charge is 2.19. The molecule has 6 nitrogen and oxygen atoms in total. The lowest BCUT2D eigenvalue weighted by atomic mass is 10.0. The Bertz CT molecular complexity index is 352. The molecule has 1 amide bonds. The molecular weight excluding hydrogens is 194 g/mol. The van der Waals surface area contributed by atoms with Crippen LogP contribution in [0.15, 0.2) is 12.4 Å². The van der Waals surface area contributed by atoms with Crippen LogP contribution in [0, 0.1) is 5.92 Å². The van der Waals surface area contributed by atoms with E-state index in [0.29, 0.717) is 11.6 Å². The topological polar surface area (TPSA) is 107 Å². The number of hydrogen-bond donors (Lipinski definition) is 3. The molecule has 5 N–H and O–H groups in total. The van der Waals surface area contributed by atoms with Crippen LogP contribution in [0.2, 0.25) is 0 Å². The van der Waals surface area contributed by atoms with Crippen LogP contribution in [-0.4, -0.2) is 21.9 Å². The number of rotatable bonds is 4. The van der Waals surface area contributed by atoms with Crippen molar-refractivity contribution in [3.63, 3.8) is 0 Å². The van der Waals surface area contributed by atoms with Crippen LogP contribution in [0.1, 0.15) is 13.8 Å². The molecule has 1 unspecified atom stereocenters. The predicted octanol–water partition coefficient (Wildman–Crippen LogP) is -0.0194. The van der Waals surface area contributed by atoms with Gasteiger partial charge >= 0.3 is 0 Å². The first kappa shape index (κ1) is 11.2. The van der Waals surface area contributed by atoms with Gasteiger partial charge in [-0.15, -0.1) is 0 Å². The largest absolute Gasteiger partial charge is 0.382 e. The predicted molar refractivity (Wildman–Crippen MR) is 57.9 cm³/mol. The van der Waals surface area contributed by atoms with Crippen LogP contribution < -0.4 is 16.8 Å². The molecule has 1 heterocycles. The van der Waals surface area contributed by atoms with Crippen molar-refractivity contribution in [3.8, 4) is 0 Å². The normalized spacial score (nSPS) is 12.5. The zero-order valence-corrected chi connectivity index (χ0v) is 8.77. The minimum absolute atomic E-state index is 0.0748. The fourth-order valence-corrected chi connectivity index (χ4v) is 1.18. The molecule has 0 spiro atoms. The van der Waals surface area contributed by atoms with Crippen LogP contribution in [0.3, 0.4) is 0 Å². The van der Waals surface area contributed by atoms with Crippen LogP contribution in [0.25, 0.3) is 0 Å². The molecule has 0 radical (unpaired) electrons. The fourth-order valence-electron chi connectivity index (χ4n) is 1.18. The average molecular weight is 209 g/mol. The van der Waals surface area contributed by atoms with Crippen LogP contribution in [-0.2, 0) is 4.79 Å². The van der Waals surface area contributed by atoms with Crippen molar-refractivity contribution in [2.45, 2.75) is 19.9 Å². The van der Waals surface area contributed by atoms with E-state index in [1.54, 1.807) is 0 Å². The SMILES string of the molecule is CC(C)C(Nc1cncc(N)n1)C(N)=O. The Morgan fingerprint density at radius 1 is 1.47 bits per heavy atom. The molecule has 0 aliphatic rings. The van der Waals surface area contributed by atoms with Gasteiger partial charge in [0.25, 0.3) is 0 Å². The molecular formula is C9H15N5O. The van der Waals surface area contributed by atoms with Crippen molar-refractivity contribution in [1.29, 1.82) is 0 Å². The van der Waals surface area contributed by atoms with Crippen LogP contribution >= 0.6 is 0 Å². The fraction of sp³-hybridized carbons (Fsp3) is 0.444. The molecule has 6 heteroatoms. The molecule has 0 bridgehead atoms. The second-order valence-corrected chi connectivity index (χ2v) is 3.60. The third-order valence-electron chi connectivity index (χ3n) is 1.93. The van der Waals surface area contributed by atoms with Crippen molar-refractivity contribution in [3.05, 3.63) is 12.4 Å². The van der Waals surface area contributed by atoms with Gasteiger partial charge in [0.1, 0.15) is 17.7 Å². The highest BCUT2D eigenvalue weighted by atomic mass is 16.1. The smallest absolute Gasteiger partial charge is 0.240 e. The Balaban J connectivity index is 2.79. The van der Waals surface area contributed by atoms with Gasteiger partial charge in [-0.25, -0.2) is 4.98 Å². The number of nitrogen functional groups attached to an aromatic ring is 1. The van der Waals surface area contributed by atoms with E-state index in [9.17, 15) is 4.79 Å². The summed E-state index contributed by atoms with van der Waals surface area (Å²) in [7, 11) is 0. The summed E-state index contributed by atoms with van der Waals surface area (Å²) >= 11 is 0. The Hall–Kier alpha value is -1.85. The minimum Gasteiger partial charge on any atom is -0.382 e. The molecule has 0 fully saturated rings. The maximum atomic E-state index is 11.1. The summed E-state index contributed by atoms with van der Waals surface area (Å²) in [5.41, 5.74) is 10.7. The number of anilines is 2. The summed E-state index contributed by atoms with van der Waals surface area (Å²) in [6.45, 7) is 3.78. The first-order chi connectivity index (χ1) is 7.00. The first-order valence-electron chi connectivity index (χ1n) is 4.64. The Morgan fingerprint density at radius 2 is 2.13 bits per heavy atom. The highest BCUT2D eigenvalue weighted by Crippen LogP contribution is 2.10. The van der Waals surface area contributed by atoms with Gasteiger partial charge in [0.15, 0.2) is 0 Å². The van der Waals surface area contributed by atoms with E-state index in [4.69, 9.17) is 11.5 Å². The van der Waals surface area contributed by atoms with E-state index >= 15 is 0 Å². The van der Waals surface area contributed by atoms with Crippen LogP contribution in [0.4, 0.5) is 11.6 Å². The standard InChI is InChI=1S/C9H15N5O/c1-5(2)8(9(11)15)14-7-4-12-3-6(10)13-7/h3-5,8H,1-2H3,(H2,11,15)(H3,10,13,14). The molecule has 0 saturated carbocycles. The maximum absolute atomic E-state index is 11.1. The Labute approximate surface area is 88.1 Å². The van der Waals surface area contributed by atoms with Crippen LogP contribution in [0.5, 0.6) is 0 Å². The van der Waals surface area contributed by atoms with Gasteiger partial charge in [-0.05, 0) is 5.92 Å². The zero-order valence-electron chi connectivity index (χ0n) is 8.77. The number of nitrogens with one attached hydrogen (secondary N) is 1. The summed E-state index contributed by atoms with van der Waals surface area (Å²) < 4.78 is 0.